The van der Waals surface area contributed by atoms with Crippen molar-refractivity contribution in [2.24, 2.45) is 0 Å². The quantitative estimate of drug-likeness (QED) is 0.524. The summed E-state index contributed by atoms with van der Waals surface area (Å²) in [6, 6.07) is 3.21. The number of likely N-dealkylation sites (tertiary alicyclic amines) is 1. The van der Waals surface area contributed by atoms with Crippen molar-refractivity contribution in [3.05, 3.63) is 29.8 Å². The monoisotopic (exact) mass is 477 g/mol. The van der Waals surface area contributed by atoms with Gasteiger partial charge in [0.1, 0.15) is 0 Å². The van der Waals surface area contributed by atoms with Crippen molar-refractivity contribution < 1.29 is 31.1 Å². The van der Waals surface area contributed by atoms with Crippen LogP contribution in [-0.2, 0) is 25.7 Å². The minimum absolute atomic E-state index is 0.0631. The Balaban J connectivity index is 1.72. The molecule has 0 spiro atoms. The van der Waals surface area contributed by atoms with Gasteiger partial charge in [-0.3, -0.25) is 4.79 Å². The van der Waals surface area contributed by atoms with E-state index in [1.165, 1.54) is 10.4 Å². The third-order valence-corrected chi connectivity index (χ3v) is 7.75. The Morgan fingerprint density at radius 3 is 2.62 bits per heavy atom. The van der Waals surface area contributed by atoms with Crippen LogP contribution in [0.4, 0.5) is 13.2 Å². The van der Waals surface area contributed by atoms with Gasteiger partial charge in [-0.1, -0.05) is 6.07 Å². The van der Waals surface area contributed by atoms with Gasteiger partial charge in [0.15, 0.2) is 0 Å². The van der Waals surface area contributed by atoms with Gasteiger partial charge in [-0.05, 0) is 43.9 Å². The molecule has 3 rings (SSSR count). The van der Waals surface area contributed by atoms with Crippen molar-refractivity contribution in [3.8, 4) is 0 Å². The number of methoxy groups -OCH3 is 1. The highest BCUT2D eigenvalue weighted by molar-refractivity contribution is 7.89. The Labute approximate surface area is 186 Å². The fourth-order valence-corrected chi connectivity index (χ4v) is 5.95. The molecule has 1 aromatic rings. The van der Waals surface area contributed by atoms with Crippen LogP contribution in [0.15, 0.2) is 29.2 Å². The first-order chi connectivity index (χ1) is 15.1. The summed E-state index contributed by atoms with van der Waals surface area (Å²) in [6.07, 6.45) is -1.76. The van der Waals surface area contributed by atoms with E-state index < -0.39 is 27.8 Å². The summed E-state index contributed by atoms with van der Waals surface area (Å²) in [5.41, 5.74) is -0.990. The molecule has 1 aliphatic heterocycles. The molecule has 11 heteroatoms. The van der Waals surface area contributed by atoms with Crippen LogP contribution in [0.2, 0.25) is 0 Å². The molecule has 180 valence electrons. The molecule has 0 bridgehead atoms. The highest BCUT2D eigenvalue weighted by Crippen LogP contribution is 2.38. The van der Waals surface area contributed by atoms with E-state index in [2.05, 4.69) is 5.32 Å². The van der Waals surface area contributed by atoms with E-state index in [-0.39, 0.29) is 23.4 Å². The molecule has 32 heavy (non-hydrogen) atoms. The first kappa shape index (κ1) is 24.9. The molecule has 7 nitrogen and oxygen atoms in total. The number of halogens is 3. The van der Waals surface area contributed by atoms with Crippen LogP contribution in [0.5, 0.6) is 0 Å². The van der Waals surface area contributed by atoms with Gasteiger partial charge in [-0.25, -0.2) is 8.42 Å². The van der Waals surface area contributed by atoms with Gasteiger partial charge in [-0.15, -0.1) is 0 Å². The van der Waals surface area contributed by atoms with Crippen molar-refractivity contribution in [2.45, 2.75) is 55.3 Å². The number of carbonyl (C=O) groups excluding carboxylic acids is 1. The standard InChI is InChI=1S/C21H30F3N3O4S/c1-31-13-11-25-10-9-20(28)26-12-3-5-18(15-26)27(17-7-8-17)32(29,30)19-6-2-4-16(14-19)21(22,23)24/h2,4,6,14,17-18,25H,3,5,7-13,15H2,1H3. The molecular formula is C21H30F3N3O4S. The van der Waals surface area contributed by atoms with Gasteiger partial charge >= 0.3 is 6.18 Å². The molecule has 1 N–H and O–H groups in total. The van der Waals surface area contributed by atoms with Gasteiger partial charge < -0.3 is 15.0 Å². The lowest BCUT2D eigenvalue weighted by molar-refractivity contribution is -0.137. The van der Waals surface area contributed by atoms with E-state index in [1.54, 1.807) is 12.0 Å². The van der Waals surface area contributed by atoms with E-state index in [1.807, 2.05) is 0 Å². The van der Waals surface area contributed by atoms with Gasteiger partial charge in [0, 0.05) is 51.8 Å². The van der Waals surface area contributed by atoms with Gasteiger partial charge in [0.2, 0.25) is 15.9 Å². The number of benzene rings is 1. The molecule has 1 atom stereocenters. The van der Waals surface area contributed by atoms with Gasteiger partial charge in [-0.2, -0.15) is 17.5 Å². The summed E-state index contributed by atoms with van der Waals surface area (Å²) < 4.78 is 72.4. The minimum Gasteiger partial charge on any atom is -0.383 e. The molecule has 1 aromatic carbocycles. The van der Waals surface area contributed by atoms with Crippen molar-refractivity contribution >= 4 is 15.9 Å². The second-order valence-electron chi connectivity index (χ2n) is 8.22. The van der Waals surface area contributed by atoms with Gasteiger partial charge in [0.05, 0.1) is 17.1 Å². The maximum Gasteiger partial charge on any atom is 0.416 e. The maximum absolute atomic E-state index is 13.4. The molecule has 1 aliphatic carbocycles. The number of nitrogens with zero attached hydrogens (tertiary/aromatic N) is 2. The normalized spacial score (nSPS) is 20.0. The molecule has 1 unspecified atom stereocenters. The second kappa shape index (κ2) is 10.5. The summed E-state index contributed by atoms with van der Waals surface area (Å²) in [7, 11) is -2.53. The third-order valence-electron chi connectivity index (χ3n) is 5.75. The summed E-state index contributed by atoms with van der Waals surface area (Å²) in [5, 5.41) is 3.11. The number of hydrogen-bond donors (Lipinski definition) is 1. The predicted octanol–water partition coefficient (Wildman–Crippen LogP) is 2.48. The number of hydrogen-bond acceptors (Lipinski definition) is 5. The van der Waals surface area contributed by atoms with Crippen LogP contribution >= 0.6 is 0 Å². The lowest BCUT2D eigenvalue weighted by atomic mass is 10.1. The molecule has 1 saturated heterocycles. The number of carbonyl (C=O) groups is 1. The van der Waals surface area contributed by atoms with Gasteiger partial charge in [0.25, 0.3) is 0 Å². The van der Waals surface area contributed by atoms with Crippen LogP contribution in [0, 0.1) is 0 Å². The molecule has 1 amide bonds. The van der Waals surface area contributed by atoms with E-state index >= 15 is 0 Å². The first-order valence-corrected chi connectivity index (χ1v) is 12.3. The van der Waals surface area contributed by atoms with Crippen LogP contribution < -0.4 is 5.32 Å². The zero-order valence-electron chi connectivity index (χ0n) is 18.1. The summed E-state index contributed by atoms with van der Waals surface area (Å²) in [6.45, 7) is 2.49. The van der Waals surface area contributed by atoms with Crippen molar-refractivity contribution in [1.82, 2.24) is 14.5 Å². The molecule has 1 saturated carbocycles. The second-order valence-corrected chi connectivity index (χ2v) is 10.1. The molecular weight excluding hydrogens is 447 g/mol. The van der Waals surface area contributed by atoms with Crippen molar-refractivity contribution in [3.63, 3.8) is 0 Å². The molecule has 0 aromatic heterocycles. The average molecular weight is 478 g/mol. The Morgan fingerprint density at radius 1 is 1.22 bits per heavy atom. The number of ether oxygens (including phenoxy) is 1. The van der Waals surface area contributed by atoms with Crippen molar-refractivity contribution in [2.75, 3.05) is 39.9 Å². The fraction of sp³-hybridized carbons (Fsp3) is 0.667. The highest BCUT2D eigenvalue weighted by Gasteiger charge is 2.44. The average Bonchev–Trinajstić information content (AvgIpc) is 3.58. The lowest BCUT2D eigenvalue weighted by Crippen LogP contribution is -2.52. The SMILES string of the molecule is COCCNCCC(=O)N1CCCC(N(C2CC2)S(=O)(=O)c2cccc(C(F)(F)F)c2)C1. The Morgan fingerprint density at radius 2 is 1.97 bits per heavy atom. The van der Waals surface area contributed by atoms with Crippen LogP contribution in [0.3, 0.4) is 0 Å². The molecule has 0 radical (unpaired) electrons. The zero-order valence-corrected chi connectivity index (χ0v) is 18.9. The summed E-state index contributed by atoms with van der Waals surface area (Å²) >= 11 is 0. The predicted molar refractivity (Wildman–Crippen MR) is 112 cm³/mol. The topological polar surface area (TPSA) is 79.0 Å². The number of rotatable bonds is 10. The molecule has 2 fully saturated rings. The number of nitrogens with one attached hydrogen (secondary N) is 1. The number of sulfonamides is 1. The van der Waals surface area contributed by atoms with Crippen LogP contribution in [-0.4, -0.2) is 75.5 Å². The molecule has 1 heterocycles. The summed E-state index contributed by atoms with van der Waals surface area (Å²) in [4.78, 5) is 13.9. The van der Waals surface area contributed by atoms with Crippen molar-refractivity contribution in [1.29, 1.82) is 0 Å². The fourth-order valence-electron chi connectivity index (χ4n) is 4.02. The third kappa shape index (κ3) is 6.21. The number of amides is 1. The van der Waals surface area contributed by atoms with Crippen LogP contribution in [0.1, 0.15) is 37.7 Å². The number of piperidine rings is 1. The van der Waals surface area contributed by atoms with E-state index in [4.69, 9.17) is 4.74 Å². The molecule has 2 aliphatic rings. The highest BCUT2D eigenvalue weighted by atomic mass is 32.2. The largest absolute Gasteiger partial charge is 0.416 e. The Kier molecular flexibility index (Phi) is 8.18. The Hall–Kier alpha value is -1.69. The lowest BCUT2D eigenvalue weighted by Gasteiger charge is -2.39. The Bertz CT molecular complexity index is 891. The minimum atomic E-state index is -4.62. The van der Waals surface area contributed by atoms with E-state index in [0.29, 0.717) is 64.4 Å². The smallest absolute Gasteiger partial charge is 0.383 e. The first-order valence-electron chi connectivity index (χ1n) is 10.8. The van der Waals surface area contributed by atoms with E-state index in [0.717, 1.165) is 12.1 Å². The zero-order chi connectivity index (χ0) is 23.4. The summed E-state index contributed by atoms with van der Waals surface area (Å²) in [5.74, 6) is -0.0631. The van der Waals surface area contributed by atoms with Crippen LogP contribution in [0.25, 0.3) is 0 Å². The maximum atomic E-state index is 13.4. The van der Waals surface area contributed by atoms with E-state index in [9.17, 15) is 26.4 Å². The number of alkyl halides is 3.